The van der Waals surface area contributed by atoms with E-state index in [9.17, 15) is 39.9 Å². The maximum absolute atomic E-state index is 14.8. The van der Waals surface area contributed by atoms with Gasteiger partial charge in [-0.2, -0.15) is 0 Å². The van der Waals surface area contributed by atoms with E-state index in [4.69, 9.17) is 18.9 Å². The number of carbonyl (C=O) groups excluding carboxylic acids is 3. The van der Waals surface area contributed by atoms with Crippen LogP contribution in [0.3, 0.4) is 0 Å². The monoisotopic (exact) mass is 959 g/mol. The Morgan fingerprint density at radius 1 is 0.797 bits per heavy atom. The first-order valence-corrected chi connectivity index (χ1v) is 25.6. The standard InChI is InChI=1S/C55H78N2O12/c1-29-17-16-18-30(2)54(65)56-44-45(57-26-23-38(24-27-57)40(36-19-12-10-13-20-36)37-21-14-11-15-22-37)50(63)41-42(49(44)62)48(61)34(6)52-43(41)53(64)55(8,69-52)67-28-25-39(66-9)31(3)51(68-35(7)58)33(5)47(60)32(4)46(29)59/h16-18,25,28-29,31-33,36-40,46-47,51,59-63H,10-15,19-24,26-27H2,1-9H3,(H,56,65)/b17-16+,28-25+,30-18-/t29-,31-,32-,33+,39+,46-,47+,51+,55+/m1/s1. The highest BCUT2D eigenvalue weighted by Crippen LogP contribution is 2.58. The number of fused-ring (bicyclic) bond motifs is 14. The number of esters is 1. The molecule has 2 aromatic carbocycles. The lowest BCUT2D eigenvalue weighted by Crippen LogP contribution is -2.46. The summed E-state index contributed by atoms with van der Waals surface area (Å²) in [5.41, 5.74) is 0.295. The minimum Gasteiger partial charge on any atom is -0.507 e. The molecule has 6 N–H and O–H groups in total. The lowest BCUT2D eigenvalue weighted by Gasteiger charge is -2.46. The fourth-order valence-corrected chi connectivity index (χ4v) is 12.7. The van der Waals surface area contributed by atoms with E-state index in [2.05, 4.69) is 5.32 Å². The summed E-state index contributed by atoms with van der Waals surface area (Å²) in [6.07, 6.45) is 18.4. The number of phenols is 3. The first kappa shape index (κ1) is 52.0. The molecule has 14 heteroatoms. The molecular formula is C55H78N2O12. The normalized spacial score (nSPS) is 32.3. The van der Waals surface area contributed by atoms with Crippen molar-refractivity contribution in [3.8, 4) is 23.0 Å². The average Bonchev–Trinajstić information content (AvgIpc) is 3.60. The first-order valence-electron chi connectivity index (χ1n) is 25.6. The second kappa shape index (κ2) is 21.7. The van der Waals surface area contributed by atoms with Crippen LogP contribution in [0, 0.1) is 54.3 Å². The zero-order valence-electron chi connectivity index (χ0n) is 42.3. The predicted octanol–water partition coefficient (Wildman–Crippen LogP) is 9.75. The van der Waals surface area contributed by atoms with Gasteiger partial charge in [-0.15, -0.1) is 0 Å². The van der Waals surface area contributed by atoms with Crippen molar-refractivity contribution in [2.24, 2.45) is 47.3 Å². The van der Waals surface area contributed by atoms with Gasteiger partial charge in [-0.25, -0.2) is 0 Å². The maximum Gasteiger partial charge on any atom is 0.312 e. The van der Waals surface area contributed by atoms with Gasteiger partial charge in [0.2, 0.25) is 0 Å². The molecule has 0 unspecified atom stereocenters. The third kappa shape index (κ3) is 10.4. The van der Waals surface area contributed by atoms with E-state index >= 15 is 0 Å². The summed E-state index contributed by atoms with van der Waals surface area (Å²) in [6.45, 7) is 13.9. The fraction of sp³-hybridized carbons (Fsp3) is 0.655. The van der Waals surface area contributed by atoms with Gasteiger partial charge >= 0.3 is 11.8 Å². The molecule has 2 aliphatic carbocycles. The zero-order valence-corrected chi connectivity index (χ0v) is 42.3. The smallest absolute Gasteiger partial charge is 0.312 e. The Morgan fingerprint density at radius 3 is 1.97 bits per heavy atom. The van der Waals surface area contributed by atoms with Crippen molar-refractivity contribution in [1.82, 2.24) is 0 Å². The number of Topliss-reactive ketones (excluding diaryl/α,β-unsaturated/α-hetero) is 1. The van der Waals surface area contributed by atoms with Gasteiger partial charge in [-0.1, -0.05) is 110 Å². The fourth-order valence-electron chi connectivity index (χ4n) is 12.7. The second-order valence-electron chi connectivity index (χ2n) is 21.3. The number of phenolic OH excluding ortho intramolecular Hbond substituents is 3. The number of benzene rings is 2. The molecule has 69 heavy (non-hydrogen) atoms. The van der Waals surface area contributed by atoms with E-state index in [1.807, 2.05) is 4.90 Å². The van der Waals surface area contributed by atoms with E-state index in [0.29, 0.717) is 36.8 Å². The van der Waals surface area contributed by atoms with E-state index in [1.54, 1.807) is 58.9 Å². The molecule has 1 amide bonds. The van der Waals surface area contributed by atoms with E-state index in [-0.39, 0.29) is 44.6 Å². The van der Waals surface area contributed by atoms with Crippen molar-refractivity contribution < 1.29 is 58.9 Å². The molecule has 9 atom stereocenters. The van der Waals surface area contributed by atoms with Crippen LogP contribution in [-0.2, 0) is 23.8 Å². The van der Waals surface area contributed by atoms with Gasteiger partial charge < -0.3 is 54.7 Å². The van der Waals surface area contributed by atoms with Crippen LogP contribution in [0.25, 0.3) is 10.8 Å². The number of nitrogens with zero attached hydrogens (tertiary/aromatic N) is 1. The summed E-state index contributed by atoms with van der Waals surface area (Å²) >= 11 is 0. The molecule has 8 rings (SSSR count). The molecule has 0 radical (unpaired) electrons. The van der Waals surface area contributed by atoms with Crippen LogP contribution in [0.1, 0.15) is 141 Å². The molecule has 2 saturated carbocycles. The number of carbonyl (C=O) groups is 3. The Bertz CT molecular complexity index is 2290. The highest BCUT2D eigenvalue weighted by Gasteiger charge is 2.50. The number of hydrogen-bond acceptors (Lipinski definition) is 13. The van der Waals surface area contributed by atoms with Gasteiger partial charge in [-0.05, 0) is 56.4 Å². The number of piperidine rings is 1. The van der Waals surface area contributed by atoms with Crippen molar-refractivity contribution in [3.63, 3.8) is 0 Å². The minimum atomic E-state index is -2.02. The molecule has 4 aliphatic heterocycles. The largest absolute Gasteiger partial charge is 0.507 e. The Balaban J connectivity index is 1.33. The molecule has 4 heterocycles. The average molecular weight is 959 g/mol. The SMILES string of the molecule is CO[C@H]1/C=C/O[C@@]2(C)Oc3c(C)c(O)c4c(O)c(c(N5CCC(C(C6CCCCC6)C6CCCCC6)CC5)c(O)c4c3C2=O)NC(=O)/C(C)=C\C=C\[C@@H](C)[C@@H](O)[C@@H](C)[C@H](O)[C@H](C)[C@@H](OC(C)=O)[C@@H]1C. The highest BCUT2D eigenvalue weighted by molar-refractivity contribution is 6.23. The number of aliphatic hydroxyl groups excluding tert-OH is 2. The number of methoxy groups -OCH3 is 1. The maximum atomic E-state index is 14.8. The lowest BCUT2D eigenvalue weighted by molar-refractivity contribution is -0.160. The predicted molar refractivity (Wildman–Crippen MR) is 265 cm³/mol. The van der Waals surface area contributed by atoms with Gasteiger partial charge in [-0.3, -0.25) is 14.4 Å². The number of aliphatic hydroxyl groups is 2. The van der Waals surface area contributed by atoms with Gasteiger partial charge in [0.15, 0.2) is 5.75 Å². The van der Waals surface area contributed by atoms with Crippen LogP contribution in [0.5, 0.6) is 23.0 Å². The van der Waals surface area contributed by atoms with Gasteiger partial charge in [0.05, 0.1) is 35.5 Å². The Labute approximate surface area is 408 Å². The molecule has 380 valence electrons. The van der Waals surface area contributed by atoms with E-state index < -0.39 is 88.8 Å². The van der Waals surface area contributed by atoms with E-state index in [1.165, 1.54) is 98.4 Å². The first-order chi connectivity index (χ1) is 32.8. The van der Waals surface area contributed by atoms with Gasteiger partial charge in [0, 0.05) is 74.2 Å². The molecule has 2 aromatic rings. The number of allylic oxidation sites excluding steroid dienone is 2. The molecule has 3 fully saturated rings. The van der Waals surface area contributed by atoms with Crippen LogP contribution in [0.15, 0.2) is 36.1 Å². The van der Waals surface area contributed by atoms with Gasteiger partial charge in [0.1, 0.15) is 34.7 Å². The number of ether oxygens (including phenoxy) is 4. The molecule has 6 aliphatic rings. The van der Waals surface area contributed by atoms with Crippen LogP contribution in [0.2, 0.25) is 0 Å². The summed E-state index contributed by atoms with van der Waals surface area (Å²) in [5, 5.41) is 62.7. The van der Waals surface area contributed by atoms with Crippen molar-refractivity contribution in [2.45, 2.75) is 163 Å². The number of amides is 1. The molecule has 14 nitrogen and oxygen atoms in total. The summed E-state index contributed by atoms with van der Waals surface area (Å²) in [5.74, 6) is -5.19. The number of rotatable bonds is 6. The number of nitrogens with one attached hydrogen (secondary N) is 1. The molecule has 5 bridgehead atoms. The van der Waals surface area contributed by atoms with Crippen LogP contribution in [-0.4, -0.2) is 93.6 Å². The second-order valence-corrected chi connectivity index (χ2v) is 21.3. The quantitative estimate of drug-likeness (QED) is 0.0908. The summed E-state index contributed by atoms with van der Waals surface area (Å²) in [7, 11) is 1.47. The van der Waals surface area contributed by atoms with E-state index in [0.717, 1.165) is 12.8 Å². The van der Waals surface area contributed by atoms with Crippen molar-refractivity contribution >= 4 is 39.8 Å². The Hall–Kier alpha value is -4.79. The Morgan fingerprint density at radius 2 is 1.39 bits per heavy atom. The van der Waals surface area contributed by atoms with Crippen molar-refractivity contribution in [3.05, 3.63) is 47.3 Å². The van der Waals surface area contributed by atoms with Crippen molar-refractivity contribution in [1.29, 1.82) is 0 Å². The lowest BCUT2D eigenvalue weighted by atomic mass is 9.63. The highest BCUT2D eigenvalue weighted by atomic mass is 16.7. The topological polar surface area (TPSA) is 205 Å². The molecule has 0 spiro atoms. The third-order valence-corrected chi connectivity index (χ3v) is 16.8. The summed E-state index contributed by atoms with van der Waals surface area (Å²) in [4.78, 5) is 43.5. The van der Waals surface area contributed by atoms with Crippen LogP contribution >= 0.6 is 0 Å². The van der Waals surface area contributed by atoms with Crippen molar-refractivity contribution in [2.75, 3.05) is 30.4 Å². The summed E-state index contributed by atoms with van der Waals surface area (Å²) in [6, 6.07) is 0. The summed E-state index contributed by atoms with van der Waals surface area (Å²) < 4.78 is 24.1. The number of anilines is 2. The number of ketones is 1. The minimum absolute atomic E-state index is 0.0316. The van der Waals surface area contributed by atoms with Gasteiger partial charge in [0.25, 0.3) is 11.7 Å². The molecule has 1 saturated heterocycles. The number of hydrogen-bond donors (Lipinski definition) is 6. The Kier molecular flexibility index (Phi) is 16.4. The number of aromatic hydroxyl groups is 3. The molecule has 0 aromatic heterocycles. The van der Waals surface area contributed by atoms with Crippen LogP contribution < -0.4 is 15.0 Å². The third-order valence-electron chi connectivity index (χ3n) is 16.8. The molecular weight excluding hydrogens is 881 g/mol. The van der Waals surface area contributed by atoms with Crippen LogP contribution in [0.4, 0.5) is 11.4 Å². The zero-order chi connectivity index (χ0) is 50.1.